The van der Waals surface area contributed by atoms with E-state index in [0.717, 1.165) is 35.1 Å². The van der Waals surface area contributed by atoms with Crippen LogP contribution >= 0.6 is 22.6 Å². The van der Waals surface area contributed by atoms with Crippen molar-refractivity contribution in [2.24, 2.45) is 0 Å². The van der Waals surface area contributed by atoms with Crippen LogP contribution in [-0.2, 0) is 9.53 Å². The molecule has 0 amide bonds. The number of nitrogens with zero attached hydrogens (tertiary/aromatic N) is 1. The lowest BCUT2D eigenvalue weighted by Gasteiger charge is -2.31. The normalized spacial score (nSPS) is 16.5. The zero-order valence-corrected chi connectivity index (χ0v) is 15.1. The number of carbonyl (C=O) groups is 1. The maximum Gasteiger partial charge on any atom is 0.320 e. The van der Waals surface area contributed by atoms with E-state index in [2.05, 4.69) is 27.5 Å². The predicted molar refractivity (Wildman–Crippen MR) is 90.7 cm³/mol. The highest BCUT2D eigenvalue weighted by molar-refractivity contribution is 14.1. The number of benzene rings is 1. The molecule has 0 saturated carbocycles. The van der Waals surface area contributed by atoms with E-state index in [0.29, 0.717) is 18.9 Å². The molecule has 4 nitrogen and oxygen atoms in total. The summed E-state index contributed by atoms with van der Waals surface area (Å²) in [5.41, 5.74) is 0.751. The topological polar surface area (TPSA) is 38.8 Å². The van der Waals surface area contributed by atoms with Crippen molar-refractivity contribution in [3.05, 3.63) is 27.1 Å². The molecule has 1 saturated heterocycles. The van der Waals surface area contributed by atoms with E-state index in [4.69, 9.17) is 9.47 Å². The number of carbonyl (C=O) groups excluding carboxylic acids is 1. The quantitative estimate of drug-likeness (QED) is 0.541. The van der Waals surface area contributed by atoms with Crippen LogP contribution in [0.2, 0.25) is 0 Å². The Morgan fingerprint density at radius 1 is 1.41 bits per heavy atom. The van der Waals surface area contributed by atoms with Crippen LogP contribution in [-0.4, -0.2) is 44.2 Å². The minimum Gasteiger partial charge on any atom is -0.496 e. The number of hydrogen-bond donors (Lipinski definition) is 0. The van der Waals surface area contributed by atoms with Crippen molar-refractivity contribution in [1.29, 1.82) is 0 Å². The number of esters is 1. The van der Waals surface area contributed by atoms with E-state index in [-0.39, 0.29) is 17.7 Å². The number of methoxy groups -OCH3 is 1. The number of rotatable bonds is 5. The van der Waals surface area contributed by atoms with Crippen LogP contribution < -0.4 is 4.74 Å². The van der Waals surface area contributed by atoms with Gasteiger partial charge in [-0.05, 0) is 73.0 Å². The van der Waals surface area contributed by atoms with Crippen LogP contribution in [0, 0.1) is 9.39 Å². The van der Waals surface area contributed by atoms with Gasteiger partial charge in [0.05, 0.1) is 23.8 Å². The van der Waals surface area contributed by atoms with Gasteiger partial charge in [0.15, 0.2) is 0 Å². The first-order valence-corrected chi connectivity index (χ1v) is 8.54. The molecular weight excluding hydrogens is 400 g/mol. The van der Waals surface area contributed by atoms with E-state index < -0.39 is 0 Å². The van der Waals surface area contributed by atoms with Crippen molar-refractivity contribution in [1.82, 2.24) is 4.90 Å². The fourth-order valence-corrected chi connectivity index (χ4v) is 3.52. The fourth-order valence-electron chi connectivity index (χ4n) is 2.80. The first-order chi connectivity index (χ1) is 10.5. The molecule has 0 aromatic heterocycles. The average molecular weight is 421 g/mol. The van der Waals surface area contributed by atoms with Gasteiger partial charge in [0.25, 0.3) is 0 Å². The highest BCUT2D eigenvalue weighted by atomic mass is 127. The van der Waals surface area contributed by atoms with Gasteiger partial charge in [-0.3, -0.25) is 9.69 Å². The molecule has 1 aliphatic rings. The van der Waals surface area contributed by atoms with Gasteiger partial charge in [-0.15, -0.1) is 0 Å². The largest absolute Gasteiger partial charge is 0.496 e. The predicted octanol–water partition coefficient (Wildman–Crippen LogP) is 3.18. The van der Waals surface area contributed by atoms with Crippen LogP contribution in [0.3, 0.4) is 0 Å². The molecule has 0 unspecified atom stereocenters. The molecule has 1 heterocycles. The molecule has 1 aliphatic heterocycles. The number of piperidine rings is 1. The number of likely N-dealkylation sites (tertiary alicyclic amines) is 1. The van der Waals surface area contributed by atoms with E-state index in [9.17, 15) is 9.18 Å². The molecule has 1 aromatic carbocycles. The minimum absolute atomic E-state index is 0.189. The summed E-state index contributed by atoms with van der Waals surface area (Å²) in [5.74, 6) is 0.367. The molecule has 1 fully saturated rings. The summed E-state index contributed by atoms with van der Waals surface area (Å²) in [7, 11) is 1.55. The summed E-state index contributed by atoms with van der Waals surface area (Å²) in [5, 5.41) is 0. The van der Waals surface area contributed by atoms with E-state index in [1.165, 1.54) is 6.07 Å². The highest BCUT2D eigenvalue weighted by Crippen LogP contribution is 2.34. The zero-order valence-electron chi connectivity index (χ0n) is 12.9. The number of hydrogen-bond acceptors (Lipinski definition) is 4. The molecule has 122 valence electrons. The second-order valence-corrected chi connectivity index (χ2v) is 6.53. The highest BCUT2D eigenvalue weighted by Gasteiger charge is 2.25. The van der Waals surface area contributed by atoms with Crippen molar-refractivity contribution in [2.75, 3.05) is 33.4 Å². The van der Waals surface area contributed by atoms with Crippen molar-refractivity contribution >= 4 is 28.6 Å². The van der Waals surface area contributed by atoms with Gasteiger partial charge in [-0.25, -0.2) is 4.39 Å². The molecule has 0 spiro atoms. The average Bonchev–Trinajstić information content (AvgIpc) is 2.50. The van der Waals surface area contributed by atoms with Gasteiger partial charge in [-0.2, -0.15) is 0 Å². The zero-order chi connectivity index (χ0) is 16.1. The van der Waals surface area contributed by atoms with Crippen molar-refractivity contribution in [3.8, 4) is 5.75 Å². The Kier molecular flexibility index (Phi) is 6.43. The molecule has 1 aromatic rings. The van der Waals surface area contributed by atoms with Gasteiger partial charge < -0.3 is 9.47 Å². The van der Waals surface area contributed by atoms with Gasteiger partial charge in [-0.1, -0.05) is 0 Å². The molecular formula is C16H21FINO3. The second-order valence-electron chi connectivity index (χ2n) is 5.36. The molecule has 6 heteroatoms. The van der Waals surface area contributed by atoms with E-state index >= 15 is 0 Å². The lowest BCUT2D eigenvalue weighted by molar-refractivity contribution is -0.144. The van der Waals surface area contributed by atoms with Crippen LogP contribution in [0.15, 0.2) is 12.1 Å². The molecule has 22 heavy (non-hydrogen) atoms. The van der Waals surface area contributed by atoms with E-state index in [1.54, 1.807) is 14.0 Å². The van der Waals surface area contributed by atoms with Gasteiger partial charge in [0.2, 0.25) is 0 Å². The summed E-state index contributed by atoms with van der Waals surface area (Å²) < 4.78 is 25.3. The van der Waals surface area contributed by atoms with Crippen LogP contribution in [0.25, 0.3) is 0 Å². The maximum absolute atomic E-state index is 14.2. The van der Waals surface area contributed by atoms with Gasteiger partial charge in [0.1, 0.15) is 11.6 Å². The van der Waals surface area contributed by atoms with Crippen molar-refractivity contribution in [2.45, 2.75) is 25.7 Å². The Labute approximate surface area is 144 Å². The van der Waals surface area contributed by atoms with Gasteiger partial charge >= 0.3 is 5.97 Å². The molecule has 0 atom stereocenters. The second kappa shape index (κ2) is 8.10. The smallest absolute Gasteiger partial charge is 0.320 e. The summed E-state index contributed by atoms with van der Waals surface area (Å²) >= 11 is 2.16. The summed E-state index contributed by atoms with van der Waals surface area (Å²) in [4.78, 5) is 13.6. The van der Waals surface area contributed by atoms with Crippen LogP contribution in [0.5, 0.6) is 5.75 Å². The van der Waals surface area contributed by atoms with Crippen LogP contribution in [0.1, 0.15) is 31.2 Å². The first-order valence-electron chi connectivity index (χ1n) is 7.46. The van der Waals surface area contributed by atoms with Crippen molar-refractivity contribution < 1.29 is 18.7 Å². The Bertz CT molecular complexity index is 530. The maximum atomic E-state index is 14.2. The monoisotopic (exact) mass is 421 g/mol. The van der Waals surface area contributed by atoms with E-state index in [1.807, 2.05) is 6.07 Å². The number of halogens is 2. The third-order valence-electron chi connectivity index (χ3n) is 3.96. The lowest BCUT2D eigenvalue weighted by atomic mass is 9.89. The first kappa shape index (κ1) is 17.5. The van der Waals surface area contributed by atoms with Crippen LogP contribution in [0.4, 0.5) is 4.39 Å². The summed E-state index contributed by atoms with van der Waals surface area (Å²) in [6.45, 7) is 4.10. The Balaban J connectivity index is 1.97. The number of ether oxygens (including phenoxy) is 2. The SMILES string of the molecule is CCOC(=O)CN1CCC(c2cc(I)c(OC)cc2F)CC1. The third-order valence-corrected chi connectivity index (χ3v) is 4.80. The molecule has 0 bridgehead atoms. The minimum atomic E-state index is -0.207. The third kappa shape index (κ3) is 4.32. The van der Waals surface area contributed by atoms with Crippen molar-refractivity contribution in [3.63, 3.8) is 0 Å². The Morgan fingerprint density at radius 2 is 2.09 bits per heavy atom. The molecule has 0 N–H and O–H groups in total. The van der Waals surface area contributed by atoms with Gasteiger partial charge in [0, 0.05) is 6.07 Å². The Hall–Kier alpha value is -0.890. The fraction of sp³-hybridized carbons (Fsp3) is 0.562. The summed E-state index contributed by atoms with van der Waals surface area (Å²) in [6.07, 6.45) is 1.69. The molecule has 0 aliphatic carbocycles. The summed E-state index contributed by atoms with van der Waals surface area (Å²) in [6, 6.07) is 3.34. The molecule has 2 rings (SSSR count). The molecule has 0 radical (unpaired) electrons. The standard InChI is InChI=1S/C16H21FINO3/c1-3-22-16(20)10-19-6-4-11(5-7-19)12-8-14(18)15(21-2)9-13(12)17/h8-9,11H,3-7,10H2,1-2H3. The lowest BCUT2D eigenvalue weighted by Crippen LogP contribution is -2.37. The Morgan fingerprint density at radius 3 is 2.68 bits per heavy atom.